The van der Waals surface area contributed by atoms with Crippen LogP contribution in [0.5, 0.6) is 11.5 Å². The molecule has 2 N–H and O–H groups in total. The summed E-state index contributed by atoms with van der Waals surface area (Å²) in [6.45, 7) is 1.89. The average Bonchev–Trinajstić information content (AvgIpc) is 3.43. The number of carbonyl (C=O) groups is 2. The Balaban J connectivity index is 1.48. The summed E-state index contributed by atoms with van der Waals surface area (Å²) in [4.78, 5) is 26.4. The Kier molecular flexibility index (Phi) is 7.15. The van der Waals surface area contributed by atoms with Gasteiger partial charge in [0.1, 0.15) is 6.10 Å². The van der Waals surface area contributed by atoms with Crippen LogP contribution in [-0.4, -0.2) is 18.8 Å². The quantitative estimate of drug-likeness (QED) is 0.431. The van der Waals surface area contributed by atoms with Crippen molar-refractivity contribution >= 4 is 12.0 Å². The lowest BCUT2D eigenvalue weighted by Crippen LogP contribution is -2.46. The molecule has 0 aromatic heterocycles. The summed E-state index contributed by atoms with van der Waals surface area (Å²) in [5.41, 5.74) is 3.71. The van der Waals surface area contributed by atoms with Gasteiger partial charge in [-0.05, 0) is 72.9 Å². The zero-order valence-corrected chi connectivity index (χ0v) is 21.1. The molecule has 3 aromatic carbocycles. The minimum absolute atomic E-state index is 0.167. The summed E-state index contributed by atoms with van der Waals surface area (Å²) in [5, 5.41) is 24.3. The van der Waals surface area contributed by atoms with E-state index in [9.17, 15) is 20.1 Å². The van der Waals surface area contributed by atoms with Crippen LogP contribution in [0.1, 0.15) is 53.3 Å². The lowest BCUT2D eigenvalue weighted by atomic mass is 9.92. The topological polar surface area (TPSA) is 133 Å². The number of ether oxygens (including phenoxy) is 3. The van der Waals surface area contributed by atoms with Crippen LogP contribution in [0.4, 0.5) is 4.79 Å². The molecule has 3 aromatic rings. The van der Waals surface area contributed by atoms with Gasteiger partial charge in [-0.2, -0.15) is 10.5 Å². The summed E-state index contributed by atoms with van der Waals surface area (Å²) in [6, 6.07) is 22.1. The van der Waals surface area contributed by atoms with Crippen molar-refractivity contribution in [3.63, 3.8) is 0 Å². The van der Waals surface area contributed by atoms with E-state index in [0.717, 1.165) is 5.56 Å². The van der Waals surface area contributed by atoms with Gasteiger partial charge in [-0.25, -0.2) is 9.59 Å². The van der Waals surface area contributed by atoms with Crippen molar-refractivity contribution in [2.24, 2.45) is 0 Å². The molecule has 2 atom stereocenters. The lowest BCUT2D eigenvalue weighted by molar-refractivity contribution is -0.144. The van der Waals surface area contributed by atoms with Crippen molar-refractivity contribution in [3.05, 3.63) is 106 Å². The van der Waals surface area contributed by atoms with Gasteiger partial charge in [0.25, 0.3) is 0 Å². The molecule has 2 aliphatic rings. The van der Waals surface area contributed by atoms with Crippen molar-refractivity contribution in [2.45, 2.75) is 31.9 Å². The molecule has 194 valence electrons. The maximum Gasteiger partial charge on any atom is 0.338 e. The normalized spacial score (nSPS) is 16.4. The van der Waals surface area contributed by atoms with Gasteiger partial charge in [0.05, 0.1) is 34.9 Å². The third-order valence-electron chi connectivity index (χ3n) is 6.59. The van der Waals surface area contributed by atoms with Crippen molar-refractivity contribution < 1.29 is 23.8 Å². The van der Waals surface area contributed by atoms with E-state index in [1.54, 1.807) is 55.5 Å². The molecule has 0 aliphatic carbocycles. The van der Waals surface area contributed by atoms with E-state index in [-0.39, 0.29) is 12.4 Å². The second-order valence-corrected chi connectivity index (χ2v) is 9.13. The number of esters is 1. The SMILES string of the molecule is CC(OC(=O)C1=C(CCc2ccc3c(c2)OCO3)NC(=O)NC1c1cccc(C#N)c1)c1cccc(C#N)c1. The first-order valence-corrected chi connectivity index (χ1v) is 12.4. The van der Waals surface area contributed by atoms with Gasteiger partial charge in [0, 0.05) is 5.70 Å². The van der Waals surface area contributed by atoms with Gasteiger partial charge in [0.15, 0.2) is 11.5 Å². The Morgan fingerprint density at radius 3 is 2.54 bits per heavy atom. The average molecular weight is 521 g/mol. The fourth-order valence-corrected chi connectivity index (χ4v) is 4.61. The minimum atomic E-state index is -0.830. The number of amides is 2. The van der Waals surface area contributed by atoms with Crippen molar-refractivity contribution in [3.8, 4) is 23.6 Å². The molecule has 0 fully saturated rings. The molecule has 0 saturated carbocycles. The molecule has 5 rings (SSSR count). The van der Waals surface area contributed by atoms with Crippen LogP contribution in [-0.2, 0) is 16.0 Å². The highest BCUT2D eigenvalue weighted by molar-refractivity contribution is 5.95. The molecular formula is C30H24N4O5. The van der Waals surface area contributed by atoms with Crippen LogP contribution >= 0.6 is 0 Å². The Hall–Kier alpha value is -5.28. The molecule has 0 radical (unpaired) electrons. The van der Waals surface area contributed by atoms with Crippen LogP contribution in [0, 0.1) is 22.7 Å². The van der Waals surface area contributed by atoms with E-state index in [1.807, 2.05) is 18.2 Å². The summed E-state index contributed by atoms with van der Waals surface area (Å²) < 4.78 is 16.7. The summed E-state index contributed by atoms with van der Waals surface area (Å²) in [6.07, 6.45) is 0.190. The third kappa shape index (κ3) is 5.53. The Morgan fingerprint density at radius 1 is 1.00 bits per heavy atom. The summed E-state index contributed by atoms with van der Waals surface area (Å²) in [5.74, 6) is 0.699. The first-order chi connectivity index (χ1) is 18.9. The van der Waals surface area contributed by atoms with Gasteiger partial charge in [0.2, 0.25) is 6.79 Å². The number of carbonyl (C=O) groups excluding carboxylic acids is 2. The van der Waals surface area contributed by atoms with Crippen molar-refractivity contribution in [1.82, 2.24) is 10.6 Å². The standard InChI is InChI=1S/C30H24N4O5/c1-18(22-6-2-4-20(12-22)15-31)39-29(35)27-24(10-8-19-9-11-25-26(14-19)38-17-37-25)33-30(36)34-28(27)23-7-3-5-21(13-23)16-32/h2-7,9,11-14,18,28H,8,10,17H2,1H3,(H2,33,34,36). The van der Waals surface area contributed by atoms with E-state index in [0.29, 0.717) is 52.3 Å². The largest absolute Gasteiger partial charge is 0.454 e. The first-order valence-electron chi connectivity index (χ1n) is 12.4. The molecule has 0 spiro atoms. The highest BCUT2D eigenvalue weighted by Crippen LogP contribution is 2.35. The predicted octanol–water partition coefficient (Wildman–Crippen LogP) is 4.70. The van der Waals surface area contributed by atoms with E-state index in [1.165, 1.54) is 0 Å². The number of nitrogens with one attached hydrogen (secondary N) is 2. The number of hydrogen-bond donors (Lipinski definition) is 2. The van der Waals surface area contributed by atoms with E-state index >= 15 is 0 Å². The maximum absolute atomic E-state index is 13.7. The predicted molar refractivity (Wildman–Crippen MR) is 139 cm³/mol. The zero-order chi connectivity index (χ0) is 27.4. The summed E-state index contributed by atoms with van der Waals surface area (Å²) >= 11 is 0. The highest BCUT2D eigenvalue weighted by Gasteiger charge is 2.34. The van der Waals surface area contributed by atoms with E-state index < -0.39 is 24.1 Å². The smallest absolute Gasteiger partial charge is 0.338 e. The lowest BCUT2D eigenvalue weighted by Gasteiger charge is -2.30. The number of urea groups is 1. The monoisotopic (exact) mass is 520 g/mol. The number of nitriles is 2. The van der Waals surface area contributed by atoms with Crippen LogP contribution in [0.3, 0.4) is 0 Å². The second-order valence-electron chi connectivity index (χ2n) is 9.13. The van der Waals surface area contributed by atoms with E-state index in [4.69, 9.17) is 14.2 Å². The maximum atomic E-state index is 13.7. The van der Waals surface area contributed by atoms with Gasteiger partial charge in [-0.15, -0.1) is 0 Å². The molecule has 0 saturated heterocycles. The molecule has 2 heterocycles. The van der Waals surface area contributed by atoms with E-state index in [2.05, 4.69) is 22.8 Å². The summed E-state index contributed by atoms with van der Waals surface area (Å²) in [7, 11) is 0. The molecule has 2 unspecified atom stereocenters. The molecule has 39 heavy (non-hydrogen) atoms. The van der Waals surface area contributed by atoms with Gasteiger partial charge in [-0.1, -0.05) is 30.3 Å². The van der Waals surface area contributed by atoms with Gasteiger partial charge in [-0.3, -0.25) is 0 Å². The molecular weight excluding hydrogens is 496 g/mol. The Bertz CT molecular complexity index is 1570. The number of hydrogen-bond acceptors (Lipinski definition) is 7. The fourth-order valence-electron chi connectivity index (χ4n) is 4.61. The molecule has 9 nitrogen and oxygen atoms in total. The molecule has 9 heteroatoms. The molecule has 2 aliphatic heterocycles. The number of fused-ring (bicyclic) bond motifs is 1. The number of allylic oxidation sites excluding steroid dienone is 1. The Labute approximate surface area is 225 Å². The first kappa shape index (κ1) is 25.4. The number of aryl methyl sites for hydroxylation is 1. The number of benzene rings is 3. The molecule has 2 amide bonds. The Morgan fingerprint density at radius 2 is 1.74 bits per heavy atom. The van der Waals surface area contributed by atoms with Crippen molar-refractivity contribution in [1.29, 1.82) is 10.5 Å². The highest BCUT2D eigenvalue weighted by atomic mass is 16.7. The van der Waals surface area contributed by atoms with Gasteiger partial charge < -0.3 is 24.8 Å². The van der Waals surface area contributed by atoms with Crippen LogP contribution in [0.15, 0.2) is 78.0 Å². The number of nitrogens with zero attached hydrogens (tertiary/aromatic N) is 2. The van der Waals surface area contributed by atoms with Crippen molar-refractivity contribution in [2.75, 3.05) is 6.79 Å². The minimum Gasteiger partial charge on any atom is -0.454 e. The second kappa shape index (κ2) is 11.0. The van der Waals surface area contributed by atoms with Gasteiger partial charge >= 0.3 is 12.0 Å². The third-order valence-corrected chi connectivity index (χ3v) is 6.59. The molecule has 0 bridgehead atoms. The fraction of sp³-hybridized carbons (Fsp3) is 0.200. The van der Waals surface area contributed by atoms with Crippen LogP contribution in [0.25, 0.3) is 0 Å². The number of rotatable bonds is 7. The zero-order valence-electron chi connectivity index (χ0n) is 21.1. The van der Waals surface area contributed by atoms with Crippen LogP contribution < -0.4 is 20.1 Å². The van der Waals surface area contributed by atoms with Crippen LogP contribution in [0.2, 0.25) is 0 Å².